The van der Waals surface area contributed by atoms with Gasteiger partial charge < -0.3 is 10.7 Å². The number of halogens is 1. The number of nitrogens with one attached hydrogen (secondary N) is 1. The number of aromatic nitrogens is 2. The van der Waals surface area contributed by atoms with Crippen molar-refractivity contribution in [2.45, 2.75) is 0 Å². The minimum atomic E-state index is 0.711. The van der Waals surface area contributed by atoms with Gasteiger partial charge in [0, 0.05) is 15.7 Å². The summed E-state index contributed by atoms with van der Waals surface area (Å²) >= 11 is 3.38. The topological polar surface area (TPSA) is 54.7 Å². The summed E-state index contributed by atoms with van der Waals surface area (Å²) in [6, 6.07) is 13.8. The van der Waals surface area contributed by atoms with Gasteiger partial charge in [-0.2, -0.15) is 0 Å². The van der Waals surface area contributed by atoms with E-state index in [4.69, 9.17) is 5.73 Å². The zero-order valence-corrected chi connectivity index (χ0v) is 10.5. The van der Waals surface area contributed by atoms with Crippen LogP contribution in [-0.4, -0.2) is 9.97 Å². The zero-order chi connectivity index (χ0) is 11.8. The number of para-hydroxylation sites is 2. The smallest absolute Gasteiger partial charge is 0.138 e. The number of imidazole rings is 1. The molecule has 0 saturated carbocycles. The summed E-state index contributed by atoms with van der Waals surface area (Å²) in [5.74, 6) is 0.838. The second-order valence-corrected chi connectivity index (χ2v) is 4.69. The van der Waals surface area contributed by atoms with E-state index < -0.39 is 0 Å². The maximum Gasteiger partial charge on any atom is 0.138 e. The highest BCUT2D eigenvalue weighted by molar-refractivity contribution is 9.10. The molecular formula is C13H10BrN3. The third-order valence-corrected chi connectivity index (χ3v) is 3.38. The van der Waals surface area contributed by atoms with Crippen LogP contribution in [0.2, 0.25) is 0 Å². The van der Waals surface area contributed by atoms with Crippen molar-refractivity contribution in [1.29, 1.82) is 0 Å². The Labute approximate surface area is 107 Å². The third-order valence-electron chi connectivity index (χ3n) is 2.66. The number of aromatic amines is 1. The van der Waals surface area contributed by atoms with Gasteiger partial charge in [0.15, 0.2) is 0 Å². The van der Waals surface area contributed by atoms with Crippen molar-refractivity contribution in [3.05, 3.63) is 46.9 Å². The lowest BCUT2D eigenvalue weighted by atomic mass is 10.2. The van der Waals surface area contributed by atoms with Gasteiger partial charge in [0.1, 0.15) is 5.82 Å². The van der Waals surface area contributed by atoms with Crippen LogP contribution in [-0.2, 0) is 0 Å². The van der Waals surface area contributed by atoms with E-state index in [0.717, 1.165) is 26.9 Å². The van der Waals surface area contributed by atoms with Gasteiger partial charge in [-0.25, -0.2) is 4.98 Å². The van der Waals surface area contributed by atoms with Crippen LogP contribution in [0.3, 0.4) is 0 Å². The molecule has 0 radical (unpaired) electrons. The van der Waals surface area contributed by atoms with Gasteiger partial charge >= 0.3 is 0 Å². The first kappa shape index (κ1) is 10.4. The van der Waals surface area contributed by atoms with E-state index in [0.29, 0.717) is 5.69 Å². The first-order valence-corrected chi connectivity index (χ1v) is 6.03. The largest absolute Gasteiger partial charge is 0.398 e. The fraction of sp³-hybridized carbons (Fsp3) is 0. The van der Waals surface area contributed by atoms with Crippen LogP contribution < -0.4 is 5.73 Å². The monoisotopic (exact) mass is 287 g/mol. The molecule has 1 heterocycles. The summed E-state index contributed by atoms with van der Waals surface area (Å²) < 4.78 is 0.900. The van der Waals surface area contributed by atoms with E-state index in [2.05, 4.69) is 25.9 Å². The van der Waals surface area contributed by atoms with E-state index >= 15 is 0 Å². The van der Waals surface area contributed by atoms with Gasteiger partial charge in [0.05, 0.1) is 11.0 Å². The second-order valence-electron chi connectivity index (χ2n) is 3.84. The lowest BCUT2D eigenvalue weighted by Gasteiger charge is -2.00. The number of nitrogen functional groups attached to an aromatic ring is 1. The van der Waals surface area contributed by atoms with Crippen LogP contribution in [0.5, 0.6) is 0 Å². The van der Waals surface area contributed by atoms with Gasteiger partial charge in [0.2, 0.25) is 0 Å². The first-order chi connectivity index (χ1) is 8.24. The number of fused-ring (bicyclic) bond motifs is 1. The minimum Gasteiger partial charge on any atom is -0.398 e. The molecule has 3 N–H and O–H groups in total. The maximum absolute atomic E-state index is 5.86. The van der Waals surface area contributed by atoms with E-state index in [1.54, 1.807) is 0 Å². The molecule has 0 bridgehead atoms. The van der Waals surface area contributed by atoms with Crippen LogP contribution >= 0.6 is 15.9 Å². The van der Waals surface area contributed by atoms with Gasteiger partial charge in [-0.05, 0) is 46.3 Å². The summed E-state index contributed by atoms with van der Waals surface area (Å²) in [6.45, 7) is 0. The van der Waals surface area contributed by atoms with Gasteiger partial charge in [-0.3, -0.25) is 0 Å². The summed E-state index contributed by atoms with van der Waals surface area (Å²) in [4.78, 5) is 7.80. The molecule has 1 aromatic heterocycles. The van der Waals surface area contributed by atoms with Crippen molar-refractivity contribution in [1.82, 2.24) is 9.97 Å². The fourth-order valence-corrected chi connectivity index (χ4v) is 2.03. The van der Waals surface area contributed by atoms with Gasteiger partial charge in [-0.15, -0.1) is 0 Å². The molecule has 0 atom stereocenters. The van der Waals surface area contributed by atoms with Crippen molar-refractivity contribution in [3.8, 4) is 11.4 Å². The SMILES string of the molecule is Nc1cc(-c2nc3ccccc3[nH]2)ccc1Br. The molecule has 17 heavy (non-hydrogen) atoms. The van der Waals surface area contributed by atoms with Gasteiger partial charge in [-0.1, -0.05) is 12.1 Å². The maximum atomic E-state index is 5.86. The number of benzene rings is 2. The first-order valence-electron chi connectivity index (χ1n) is 5.24. The summed E-state index contributed by atoms with van der Waals surface area (Å²) in [7, 11) is 0. The molecule has 2 aromatic carbocycles. The lowest BCUT2D eigenvalue weighted by Crippen LogP contribution is -1.88. The van der Waals surface area contributed by atoms with Crippen molar-refractivity contribution in [3.63, 3.8) is 0 Å². The molecule has 0 aliphatic rings. The number of nitrogens with two attached hydrogens (primary N) is 1. The molecule has 0 fully saturated rings. The van der Waals surface area contributed by atoms with Crippen LogP contribution in [0, 0.1) is 0 Å². The molecule has 0 spiro atoms. The Hall–Kier alpha value is -1.81. The average Bonchev–Trinajstić information content (AvgIpc) is 2.76. The van der Waals surface area contributed by atoms with Crippen LogP contribution in [0.25, 0.3) is 22.4 Å². The lowest BCUT2D eigenvalue weighted by molar-refractivity contribution is 1.33. The molecule has 0 amide bonds. The number of rotatable bonds is 1. The quantitative estimate of drug-likeness (QED) is 0.672. The Balaban J connectivity index is 2.17. The Bertz CT molecular complexity index is 655. The summed E-state index contributed by atoms with van der Waals surface area (Å²) in [6.07, 6.45) is 0. The van der Waals surface area contributed by atoms with E-state index in [1.807, 2.05) is 42.5 Å². The molecule has 0 aliphatic carbocycles. The number of hydrogen-bond donors (Lipinski definition) is 2. The van der Waals surface area contributed by atoms with Crippen LogP contribution in [0.1, 0.15) is 0 Å². The molecule has 0 aliphatic heterocycles. The molecule has 0 unspecified atom stereocenters. The summed E-state index contributed by atoms with van der Waals surface area (Å²) in [5, 5.41) is 0. The highest BCUT2D eigenvalue weighted by atomic mass is 79.9. The number of anilines is 1. The van der Waals surface area contributed by atoms with Crippen LogP contribution in [0.15, 0.2) is 46.9 Å². The van der Waals surface area contributed by atoms with Crippen molar-refractivity contribution < 1.29 is 0 Å². The molecule has 3 rings (SSSR count). The van der Waals surface area contributed by atoms with Gasteiger partial charge in [0.25, 0.3) is 0 Å². The Morgan fingerprint density at radius 2 is 1.94 bits per heavy atom. The van der Waals surface area contributed by atoms with E-state index in [-0.39, 0.29) is 0 Å². The van der Waals surface area contributed by atoms with Crippen LogP contribution in [0.4, 0.5) is 5.69 Å². The highest BCUT2D eigenvalue weighted by Crippen LogP contribution is 2.26. The average molecular weight is 288 g/mol. The minimum absolute atomic E-state index is 0.711. The predicted octanol–water partition coefficient (Wildman–Crippen LogP) is 3.57. The van der Waals surface area contributed by atoms with Crippen molar-refractivity contribution in [2.24, 2.45) is 0 Å². The normalized spacial score (nSPS) is 10.9. The predicted molar refractivity (Wildman–Crippen MR) is 73.6 cm³/mol. The molecular weight excluding hydrogens is 278 g/mol. The second kappa shape index (κ2) is 3.89. The fourth-order valence-electron chi connectivity index (χ4n) is 1.78. The number of H-pyrrole nitrogens is 1. The summed E-state index contributed by atoms with van der Waals surface area (Å²) in [5.41, 5.74) is 9.56. The van der Waals surface area contributed by atoms with E-state index in [1.165, 1.54) is 0 Å². The number of hydrogen-bond acceptors (Lipinski definition) is 2. The van der Waals surface area contributed by atoms with Crippen molar-refractivity contribution in [2.75, 3.05) is 5.73 Å². The zero-order valence-electron chi connectivity index (χ0n) is 8.94. The van der Waals surface area contributed by atoms with Crippen molar-refractivity contribution >= 4 is 32.7 Å². The molecule has 4 heteroatoms. The standard InChI is InChI=1S/C13H10BrN3/c14-9-6-5-8(7-10(9)15)13-16-11-3-1-2-4-12(11)17-13/h1-7H,15H2,(H,16,17). The Morgan fingerprint density at radius 1 is 1.12 bits per heavy atom. The Morgan fingerprint density at radius 3 is 2.71 bits per heavy atom. The molecule has 3 aromatic rings. The third kappa shape index (κ3) is 1.80. The molecule has 84 valence electrons. The molecule has 3 nitrogen and oxygen atoms in total. The van der Waals surface area contributed by atoms with E-state index in [9.17, 15) is 0 Å². The highest BCUT2D eigenvalue weighted by Gasteiger charge is 2.06. The molecule has 0 saturated heterocycles. The Kier molecular flexibility index (Phi) is 2.37. The number of nitrogens with zero attached hydrogens (tertiary/aromatic N) is 1.